The Morgan fingerprint density at radius 3 is 2.95 bits per heavy atom. The summed E-state index contributed by atoms with van der Waals surface area (Å²) in [5.74, 6) is 0.364. The zero-order chi connectivity index (χ0) is 14.5. The number of nitrogens with zero attached hydrogens (tertiary/aromatic N) is 1. The van der Waals surface area contributed by atoms with Crippen molar-refractivity contribution in [3.63, 3.8) is 0 Å². The van der Waals surface area contributed by atoms with Crippen molar-refractivity contribution in [1.82, 2.24) is 4.90 Å². The van der Waals surface area contributed by atoms with Crippen LogP contribution in [0.4, 0.5) is 0 Å². The number of halogens is 1. The first-order valence-corrected chi connectivity index (χ1v) is 8.74. The normalized spacial score (nSPS) is 18.4. The molecule has 2 heterocycles. The number of carbonyl (C=O) groups excluding carboxylic acids is 1. The summed E-state index contributed by atoms with van der Waals surface area (Å²) in [7, 11) is 0. The van der Waals surface area contributed by atoms with Gasteiger partial charge in [0.05, 0.1) is 16.5 Å². The number of rotatable bonds is 6. The standard InChI is InChI=1S/C13H16ClNO3S2/c14-11-4-3-10(20-11)7-19-8-12(16)15-5-1-2-9(15)6-13(17)18/h3-4,9H,1-2,5-8H2,(H,17,18). The third kappa shape index (κ3) is 4.40. The fourth-order valence-corrected chi connectivity index (χ4v) is 4.44. The summed E-state index contributed by atoms with van der Waals surface area (Å²) < 4.78 is 0.757. The minimum Gasteiger partial charge on any atom is -0.481 e. The van der Waals surface area contributed by atoms with Crippen LogP contribution in [0.1, 0.15) is 24.1 Å². The molecule has 110 valence electrons. The molecule has 7 heteroatoms. The lowest BCUT2D eigenvalue weighted by Gasteiger charge is -2.23. The van der Waals surface area contributed by atoms with Crippen LogP contribution >= 0.6 is 34.7 Å². The maximum atomic E-state index is 12.1. The quantitative estimate of drug-likeness (QED) is 0.869. The maximum absolute atomic E-state index is 12.1. The number of aliphatic carboxylic acids is 1. The van der Waals surface area contributed by atoms with Crippen LogP contribution in [0.15, 0.2) is 12.1 Å². The van der Waals surface area contributed by atoms with Gasteiger partial charge in [-0.25, -0.2) is 0 Å². The molecule has 1 saturated heterocycles. The van der Waals surface area contributed by atoms with E-state index in [1.54, 1.807) is 16.7 Å². The molecule has 1 unspecified atom stereocenters. The highest BCUT2D eigenvalue weighted by atomic mass is 35.5. The zero-order valence-corrected chi connectivity index (χ0v) is 13.3. The highest BCUT2D eigenvalue weighted by Gasteiger charge is 2.29. The minimum absolute atomic E-state index is 0.0430. The molecule has 1 N–H and O–H groups in total. The largest absolute Gasteiger partial charge is 0.481 e. The Morgan fingerprint density at radius 1 is 1.50 bits per heavy atom. The molecule has 1 fully saturated rings. The highest BCUT2D eigenvalue weighted by molar-refractivity contribution is 7.99. The van der Waals surface area contributed by atoms with Crippen LogP contribution < -0.4 is 0 Å². The van der Waals surface area contributed by atoms with Crippen molar-refractivity contribution in [1.29, 1.82) is 0 Å². The van der Waals surface area contributed by atoms with Crippen LogP contribution in [0.3, 0.4) is 0 Å². The van der Waals surface area contributed by atoms with Gasteiger partial charge in [-0.15, -0.1) is 23.1 Å². The van der Waals surface area contributed by atoms with E-state index in [-0.39, 0.29) is 18.4 Å². The fraction of sp³-hybridized carbons (Fsp3) is 0.538. The van der Waals surface area contributed by atoms with Crippen molar-refractivity contribution in [2.45, 2.75) is 31.1 Å². The Hall–Kier alpha value is -0.720. The Balaban J connectivity index is 1.77. The molecule has 1 aromatic heterocycles. The average Bonchev–Trinajstić information content (AvgIpc) is 2.98. The molecule has 2 rings (SSSR count). The lowest BCUT2D eigenvalue weighted by atomic mass is 10.1. The Bertz CT molecular complexity index is 492. The molecule has 1 aromatic rings. The number of hydrogen-bond acceptors (Lipinski definition) is 4. The van der Waals surface area contributed by atoms with Crippen molar-refractivity contribution in [3.05, 3.63) is 21.3 Å². The van der Waals surface area contributed by atoms with Gasteiger partial charge in [0, 0.05) is 23.2 Å². The van der Waals surface area contributed by atoms with E-state index in [0.29, 0.717) is 12.3 Å². The molecule has 0 aliphatic carbocycles. The number of carboxylic acids is 1. The highest BCUT2D eigenvalue weighted by Crippen LogP contribution is 2.26. The maximum Gasteiger partial charge on any atom is 0.305 e. The summed E-state index contributed by atoms with van der Waals surface area (Å²) in [6, 6.07) is 3.69. The summed E-state index contributed by atoms with van der Waals surface area (Å²) in [4.78, 5) is 25.8. The van der Waals surface area contributed by atoms with Gasteiger partial charge >= 0.3 is 5.97 Å². The van der Waals surface area contributed by atoms with Gasteiger partial charge in [0.15, 0.2) is 0 Å². The fourth-order valence-electron chi connectivity index (χ4n) is 2.33. The van der Waals surface area contributed by atoms with Gasteiger partial charge in [0.1, 0.15) is 0 Å². The SMILES string of the molecule is O=C(O)CC1CCCN1C(=O)CSCc1ccc(Cl)s1. The first-order valence-electron chi connectivity index (χ1n) is 6.39. The topological polar surface area (TPSA) is 57.6 Å². The van der Waals surface area contributed by atoms with E-state index >= 15 is 0 Å². The molecule has 4 nitrogen and oxygen atoms in total. The second-order valence-corrected chi connectivity index (χ2v) is 7.46. The predicted molar refractivity (Wildman–Crippen MR) is 82.5 cm³/mol. The van der Waals surface area contributed by atoms with Crippen LogP contribution in [0.25, 0.3) is 0 Å². The molecule has 0 spiro atoms. The molecular formula is C13H16ClNO3S2. The lowest BCUT2D eigenvalue weighted by Crippen LogP contribution is -2.37. The lowest BCUT2D eigenvalue weighted by molar-refractivity contribution is -0.139. The molecule has 0 aromatic carbocycles. The minimum atomic E-state index is -0.837. The van der Waals surface area contributed by atoms with Crippen molar-refractivity contribution in [2.75, 3.05) is 12.3 Å². The Labute approximate surface area is 131 Å². The molecule has 1 aliphatic heterocycles. The van der Waals surface area contributed by atoms with E-state index in [9.17, 15) is 9.59 Å². The first kappa shape index (κ1) is 15.7. The monoisotopic (exact) mass is 333 g/mol. The van der Waals surface area contributed by atoms with Gasteiger partial charge < -0.3 is 10.0 Å². The van der Waals surface area contributed by atoms with E-state index < -0.39 is 5.97 Å². The third-order valence-corrected chi connectivity index (χ3v) is 5.59. The number of amides is 1. The number of likely N-dealkylation sites (tertiary alicyclic amines) is 1. The van der Waals surface area contributed by atoms with Gasteiger partial charge in [0.2, 0.25) is 5.91 Å². The zero-order valence-electron chi connectivity index (χ0n) is 10.9. The predicted octanol–water partition coefficient (Wildman–Crippen LogP) is 3.10. The van der Waals surface area contributed by atoms with E-state index in [2.05, 4.69) is 0 Å². The average molecular weight is 334 g/mol. The smallest absolute Gasteiger partial charge is 0.305 e. The summed E-state index contributed by atoms with van der Waals surface area (Å²) in [6.07, 6.45) is 1.75. The van der Waals surface area contributed by atoms with E-state index in [4.69, 9.17) is 16.7 Å². The second-order valence-electron chi connectivity index (χ2n) is 4.68. The van der Waals surface area contributed by atoms with Crippen LogP contribution in [0, 0.1) is 0 Å². The van der Waals surface area contributed by atoms with Crippen LogP contribution in [0.5, 0.6) is 0 Å². The molecular weight excluding hydrogens is 318 g/mol. The van der Waals surface area contributed by atoms with Crippen molar-refractivity contribution in [2.24, 2.45) is 0 Å². The van der Waals surface area contributed by atoms with Crippen molar-refractivity contribution >= 4 is 46.6 Å². The summed E-state index contributed by atoms with van der Waals surface area (Å²) >= 11 is 8.92. The van der Waals surface area contributed by atoms with Gasteiger partial charge in [-0.05, 0) is 25.0 Å². The summed E-state index contributed by atoms with van der Waals surface area (Å²) in [5, 5.41) is 8.85. The van der Waals surface area contributed by atoms with Gasteiger partial charge in [-0.3, -0.25) is 9.59 Å². The number of hydrogen-bond donors (Lipinski definition) is 1. The molecule has 1 atom stereocenters. The third-order valence-electron chi connectivity index (χ3n) is 3.21. The molecule has 0 radical (unpaired) electrons. The van der Waals surface area contributed by atoms with Gasteiger partial charge in [-0.2, -0.15) is 0 Å². The first-order chi connectivity index (χ1) is 9.56. The number of carbonyl (C=O) groups is 2. The number of carboxylic acid groups (broad SMARTS) is 1. The van der Waals surface area contributed by atoms with Gasteiger partial charge in [0.25, 0.3) is 0 Å². The molecule has 20 heavy (non-hydrogen) atoms. The summed E-state index contributed by atoms with van der Waals surface area (Å²) in [5.41, 5.74) is 0. The number of thiophene rings is 1. The number of thioether (sulfide) groups is 1. The summed E-state index contributed by atoms with van der Waals surface area (Å²) in [6.45, 7) is 0.683. The van der Waals surface area contributed by atoms with E-state index in [0.717, 1.165) is 27.8 Å². The van der Waals surface area contributed by atoms with Crippen molar-refractivity contribution < 1.29 is 14.7 Å². The van der Waals surface area contributed by atoms with E-state index in [1.807, 2.05) is 12.1 Å². The molecule has 1 aliphatic rings. The van der Waals surface area contributed by atoms with E-state index in [1.165, 1.54) is 11.3 Å². The van der Waals surface area contributed by atoms with Gasteiger partial charge in [-0.1, -0.05) is 11.6 Å². The molecule has 0 saturated carbocycles. The second kappa shape index (κ2) is 7.33. The Morgan fingerprint density at radius 2 is 2.30 bits per heavy atom. The Kier molecular flexibility index (Phi) is 5.74. The molecule has 1 amide bonds. The van der Waals surface area contributed by atoms with Crippen LogP contribution in [0.2, 0.25) is 4.34 Å². The van der Waals surface area contributed by atoms with Crippen LogP contribution in [-0.4, -0.2) is 40.2 Å². The van der Waals surface area contributed by atoms with Crippen molar-refractivity contribution in [3.8, 4) is 0 Å². The molecule has 0 bridgehead atoms. The van der Waals surface area contributed by atoms with Crippen LogP contribution in [-0.2, 0) is 15.3 Å².